The number of hydrogen-bond acceptors (Lipinski definition) is 4. The molecule has 1 N–H and O–H groups in total. The lowest BCUT2D eigenvalue weighted by molar-refractivity contribution is -0.129. The summed E-state index contributed by atoms with van der Waals surface area (Å²) in [5.74, 6) is 1.79. The summed E-state index contributed by atoms with van der Waals surface area (Å²) >= 11 is 6.17. The van der Waals surface area contributed by atoms with Gasteiger partial charge in [0.15, 0.2) is 6.10 Å². The van der Waals surface area contributed by atoms with E-state index in [-0.39, 0.29) is 11.9 Å². The predicted octanol–water partition coefficient (Wildman–Crippen LogP) is 4.92. The Balaban J connectivity index is 1.81. The standard InChI is InChI=1S/C22H26ClNO4/c1-5-18(27-20-9-7-6-8-16(20)23)21(25)24-17-13-22(2,3)28-19-11-10-14(26-4)12-15(17)19/h6-12,17-18H,5,13H2,1-4H3,(H,24,25)/t17-,18+/m0/s1. The van der Waals surface area contributed by atoms with Crippen molar-refractivity contribution in [3.63, 3.8) is 0 Å². The molecule has 0 spiro atoms. The maximum absolute atomic E-state index is 13.0. The number of benzene rings is 2. The van der Waals surface area contributed by atoms with E-state index in [0.29, 0.717) is 23.6 Å². The number of methoxy groups -OCH3 is 1. The maximum atomic E-state index is 13.0. The zero-order valence-electron chi connectivity index (χ0n) is 16.6. The van der Waals surface area contributed by atoms with E-state index in [1.54, 1.807) is 19.2 Å². The second-order valence-corrected chi connectivity index (χ2v) is 7.88. The average Bonchev–Trinajstić information content (AvgIpc) is 2.66. The molecule has 1 aliphatic heterocycles. The number of fused-ring (bicyclic) bond motifs is 1. The fraction of sp³-hybridized carbons (Fsp3) is 0.409. The van der Waals surface area contributed by atoms with Crippen LogP contribution in [0.2, 0.25) is 5.02 Å². The first-order valence-corrected chi connectivity index (χ1v) is 9.79. The van der Waals surface area contributed by atoms with E-state index in [2.05, 4.69) is 5.32 Å². The second-order valence-electron chi connectivity index (χ2n) is 7.48. The minimum absolute atomic E-state index is 0.182. The Morgan fingerprint density at radius 2 is 2.07 bits per heavy atom. The Morgan fingerprint density at radius 3 is 2.75 bits per heavy atom. The van der Waals surface area contributed by atoms with Gasteiger partial charge in [-0.15, -0.1) is 0 Å². The molecular formula is C22H26ClNO4. The molecule has 0 fully saturated rings. The zero-order valence-corrected chi connectivity index (χ0v) is 17.4. The van der Waals surface area contributed by atoms with Crippen molar-refractivity contribution in [1.82, 2.24) is 5.32 Å². The van der Waals surface area contributed by atoms with Gasteiger partial charge in [0.05, 0.1) is 18.2 Å². The quantitative estimate of drug-likeness (QED) is 0.743. The van der Waals surface area contributed by atoms with Crippen LogP contribution in [-0.2, 0) is 4.79 Å². The summed E-state index contributed by atoms with van der Waals surface area (Å²) in [5.41, 5.74) is 0.504. The van der Waals surface area contributed by atoms with Crippen molar-refractivity contribution in [3.8, 4) is 17.2 Å². The summed E-state index contributed by atoms with van der Waals surface area (Å²) in [5, 5.41) is 3.61. The van der Waals surface area contributed by atoms with Crippen LogP contribution in [0.4, 0.5) is 0 Å². The molecule has 0 bridgehead atoms. The lowest BCUT2D eigenvalue weighted by atomic mass is 9.89. The molecule has 28 heavy (non-hydrogen) atoms. The molecule has 5 nitrogen and oxygen atoms in total. The smallest absolute Gasteiger partial charge is 0.261 e. The highest BCUT2D eigenvalue weighted by atomic mass is 35.5. The molecule has 2 aromatic carbocycles. The molecule has 0 saturated heterocycles. The molecule has 6 heteroatoms. The molecule has 2 aromatic rings. The Bertz CT molecular complexity index is 852. The largest absolute Gasteiger partial charge is 0.497 e. The first-order valence-electron chi connectivity index (χ1n) is 9.41. The third-order valence-electron chi connectivity index (χ3n) is 4.76. The molecule has 0 radical (unpaired) electrons. The Morgan fingerprint density at radius 1 is 1.32 bits per heavy atom. The van der Waals surface area contributed by atoms with Crippen LogP contribution in [0, 0.1) is 0 Å². The lowest BCUT2D eigenvalue weighted by Crippen LogP contribution is -2.45. The van der Waals surface area contributed by atoms with Crippen LogP contribution in [-0.4, -0.2) is 24.7 Å². The lowest BCUT2D eigenvalue weighted by Gasteiger charge is -2.38. The summed E-state index contributed by atoms with van der Waals surface area (Å²) in [4.78, 5) is 13.0. The molecule has 0 unspecified atom stereocenters. The van der Waals surface area contributed by atoms with E-state index in [1.165, 1.54) is 0 Å². The molecule has 3 rings (SSSR count). The zero-order chi connectivity index (χ0) is 20.3. The van der Waals surface area contributed by atoms with Gasteiger partial charge in [0.1, 0.15) is 22.8 Å². The van der Waals surface area contributed by atoms with Gasteiger partial charge in [-0.1, -0.05) is 30.7 Å². The maximum Gasteiger partial charge on any atom is 0.261 e. The fourth-order valence-electron chi connectivity index (χ4n) is 3.37. The van der Waals surface area contributed by atoms with Crippen LogP contribution in [0.5, 0.6) is 17.2 Å². The Hall–Kier alpha value is -2.40. The molecule has 0 aromatic heterocycles. The van der Waals surface area contributed by atoms with Crippen LogP contribution >= 0.6 is 11.6 Å². The molecule has 2 atom stereocenters. The highest BCUT2D eigenvalue weighted by molar-refractivity contribution is 6.32. The van der Waals surface area contributed by atoms with Gasteiger partial charge in [0.2, 0.25) is 0 Å². The summed E-state index contributed by atoms with van der Waals surface area (Å²) in [6.45, 7) is 5.93. The summed E-state index contributed by atoms with van der Waals surface area (Å²) in [6, 6.07) is 12.6. The number of nitrogens with one attached hydrogen (secondary N) is 1. The number of ether oxygens (including phenoxy) is 3. The van der Waals surface area contributed by atoms with Gasteiger partial charge < -0.3 is 19.5 Å². The number of hydrogen-bond donors (Lipinski definition) is 1. The van der Waals surface area contributed by atoms with Gasteiger partial charge in [-0.3, -0.25) is 4.79 Å². The number of carbonyl (C=O) groups excluding carboxylic acids is 1. The first kappa shape index (κ1) is 20.3. The monoisotopic (exact) mass is 403 g/mol. The number of rotatable bonds is 6. The fourth-order valence-corrected chi connectivity index (χ4v) is 3.55. The first-order chi connectivity index (χ1) is 13.3. The number of halogens is 1. The van der Waals surface area contributed by atoms with E-state index in [1.807, 2.05) is 51.1 Å². The van der Waals surface area contributed by atoms with Gasteiger partial charge in [0, 0.05) is 12.0 Å². The van der Waals surface area contributed by atoms with Crippen LogP contribution in [0.3, 0.4) is 0 Å². The molecule has 1 amide bonds. The number of amides is 1. The van der Waals surface area contributed by atoms with Crippen LogP contribution in [0.1, 0.15) is 45.2 Å². The van der Waals surface area contributed by atoms with Crippen LogP contribution in [0.25, 0.3) is 0 Å². The summed E-state index contributed by atoms with van der Waals surface area (Å²) in [7, 11) is 1.62. The van der Waals surface area contributed by atoms with Gasteiger partial charge >= 0.3 is 0 Å². The third-order valence-corrected chi connectivity index (χ3v) is 5.07. The molecular weight excluding hydrogens is 378 g/mol. The van der Waals surface area contributed by atoms with Crippen molar-refractivity contribution in [2.75, 3.05) is 7.11 Å². The van der Waals surface area contributed by atoms with Crippen molar-refractivity contribution >= 4 is 17.5 Å². The molecule has 1 heterocycles. The van der Waals surface area contributed by atoms with Gasteiger partial charge in [0.25, 0.3) is 5.91 Å². The molecule has 0 aliphatic carbocycles. The highest BCUT2D eigenvalue weighted by Crippen LogP contribution is 2.41. The Kier molecular flexibility index (Phi) is 6.04. The van der Waals surface area contributed by atoms with Gasteiger partial charge in [-0.2, -0.15) is 0 Å². The van der Waals surface area contributed by atoms with Gasteiger partial charge in [-0.05, 0) is 50.6 Å². The SMILES string of the molecule is CC[C@@H](Oc1ccccc1Cl)C(=O)N[C@H]1CC(C)(C)Oc2ccc(OC)cc21. The number of para-hydroxylation sites is 1. The Labute approximate surface area is 170 Å². The second kappa shape index (κ2) is 8.31. The van der Waals surface area contributed by atoms with Gasteiger partial charge in [-0.25, -0.2) is 0 Å². The predicted molar refractivity (Wildman–Crippen MR) is 109 cm³/mol. The molecule has 1 aliphatic rings. The van der Waals surface area contributed by atoms with Crippen LogP contribution in [0.15, 0.2) is 42.5 Å². The van der Waals surface area contributed by atoms with Crippen molar-refractivity contribution in [2.45, 2.75) is 51.4 Å². The summed E-state index contributed by atoms with van der Waals surface area (Å²) < 4.78 is 17.3. The normalized spacial score (nSPS) is 18.4. The summed E-state index contributed by atoms with van der Waals surface area (Å²) in [6.07, 6.45) is 0.524. The number of carbonyl (C=O) groups is 1. The molecule has 150 valence electrons. The minimum atomic E-state index is -0.639. The van der Waals surface area contributed by atoms with Crippen molar-refractivity contribution in [2.24, 2.45) is 0 Å². The van der Waals surface area contributed by atoms with E-state index in [0.717, 1.165) is 17.1 Å². The average molecular weight is 404 g/mol. The topological polar surface area (TPSA) is 56.8 Å². The molecule has 0 saturated carbocycles. The van der Waals surface area contributed by atoms with Crippen molar-refractivity contribution in [3.05, 3.63) is 53.1 Å². The van der Waals surface area contributed by atoms with E-state index in [4.69, 9.17) is 25.8 Å². The van der Waals surface area contributed by atoms with E-state index < -0.39 is 11.7 Å². The van der Waals surface area contributed by atoms with Crippen molar-refractivity contribution < 1.29 is 19.0 Å². The third kappa shape index (κ3) is 4.53. The van der Waals surface area contributed by atoms with E-state index in [9.17, 15) is 4.79 Å². The highest BCUT2D eigenvalue weighted by Gasteiger charge is 2.36. The minimum Gasteiger partial charge on any atom is -0.497 e. The van der Waals surface area contributed by atoms with Crippen LogP contribution < -0.4 is 19.5 Å². The van der Waals surface area contributed by atoms with E-state index >= 15 is 0 Å². The van der Waals surface area contributed by atoms with Crippen molar-refractivity contribution in [1.29, 1.82) is 0 Å².